The van der Waals surface area contributed by atoms with E-state index >= 15 is 0 Å². The van der Waals surface area contributed by atoms with Crippen molar-refractivity contribution in [3.63, 3.8) is 0 Å². The van der Waals surface area contributed by atoms with Gasteiger partial charge in [0.2, 0.25) is 0 Å². The number of anilines is 1. The summed E-state index contributed by atoms with van der Waals surface area (Å²) in [5.74, 6) is 1.60. The lowest BCUT2D eigenvalue weighted by atomic mass is 10.3. The Labute approximate surface area is 150 Å². The standard InChI is InChI=1S/C17H19BrN2O2S/c1-12(11-22-16-8-6-15(21-2)7-9-16)19-17(23)20-14-5-3-4-13(18)10-14/h3-10,12H,11H2,1-2H3,(H2,19,20,23)/t12-/m1/s1. The van der Waals surface area contributed by atoms with E-state index in [0.717, 1.165) is 21.7 Å². The molecule has 23 heavy (non-hydrogen) atoms. The monoisotopic (exact) mass is 394 g/mol. The summed E-state index contributed by atoms with van der Waals surface area (Å²) in [6.45, 7) is 2.52. The van der Waals surface area contributed by atoms with Crippen LogP contribution in [0.4, 0.5) is 5.69 Å². The number of thiocarbonyl (C=S) groups is 1. The van der Waals surface area contributed by atoms with Crippen LogP contribution in [0.3, 0.4) is 0 Å². The third-order valence-electron chi connectivity index (χ3n) is 3.02. The van der Waals surface area contributed by atoms with E-state index in [2.05, 4.69) is 26.6 Å². The SMILES string of the molecule is COc1ccc(OC[C@@H](C)NC(=S)Nc2cccc(Br)c2)cc1. The van der Waals surface area contributed by atoms with Gasteiger partial charge in [-0.25, -0.2) is 0 Å². The third-order valence-corrected chi connectivity index (χ3v) is 3.73. The molecule has 0 spiro atoms. The van der Waals surface area contributed by atoms with Gasteiger partial charge in [-0.1, -0.05) is 22.0 Å². The van der Waals surface area contributed by atoms with Crippen molar-refractivity contribution in [2.75, 3.05) is 19.0 Å². The fourth-order valence-corrected chi connectivity index (χ4v) is 2.61. The molecule has 4 nitrogen and oxygen atoms in total. The average Bonchev–Trinajstić information content (AvgIpc) is 2.53. The molecule has 0 bridgehead atoms. The maximum Gasteiger partial charge on any atom is 0.171 e. The fraction of sp³-hybridized carbons (Fsp3) is 0.235. The number of rotatable bonds is 6. The van der Waals surface area contributed by atoms with E-state index in [9.17, 15) is 0 Å². The van der Waals surface area contributed by atoms with Crippen LogP contribution in [0.15, 0.2) is 53.0 Å². The number of benzene rings is 2. The van der Waals surface area contributed by atoms with Crippen molar-refractivity contribution in [2.45, 2.75) is 13.0 Å². The number of ether oxygens (including phenoxy) is 2. The predicted molar refractivity (Wildman–Crippen MR) is 101 cm³/mol. The number of nitrogens with one attached hydrogen (secondary N) is 2. The van der Waals surface area contributed by atoms with Crippen molar-refractivity contribution >= 4 is 38.9 Å². The van der Waals surface area contributed by atoms with Crippen molar-refractivity contribution in [1.29, 1.82) is 0 Å². The summed E-state index contributed by atoms with van der Waals surface area (Å²) in [6, 6.07) is 15.4. The minimum absolute atomic E-state index is 0.0734. The fourth-order valence-electron chi connectivity index (χ4n) is 1.89. The molecule has 2 rings (SSSR count). The first kappa shape index (κ1) is 17.6. The molecule has 1 atom stereocenters. The molecule has 6 heteroatoms. The largest absolute Gasteiger partial charge is 0.497 e. The minimum atomic E-state index is 0.0734. The first-order valence-electron chi connectivity index (χ1n) is 7.17. The highest BCUT2D eigenvalue weighted by atomic mass is 79.9. The van der Waals surface area contributed by atoms with Gasteiger partial charge in [-0.2, -0.15) is 0 Å². The molecule has 0 unspecified atom stereocenters. The lowest BCUT2D eigenvalue weighted by molar-refractivity contribution is 0.286. The Morgan fingerprint density at radius 3 is 2.52 bits per heavy atom. The van der Waals surface area contributed by atoms with Crippen LogP contribution in [0.2, 0.25) is 0 Å². The average molecular weight is 395 g/mol. The molecule has 0 aliphatic rings. The normalized spacial score (nSPS) is 11.4. The molecule has 122 valence electrons. The Morgan fingerprint density at radius 2 is 1.87 bits per heavy atom. The molecule has 0 fully saturated rings. The van der Waals surface area contributed by atoms with E-state index in [1.807, 2.05) is 55.5 Å². The van der Waals surface area contributed by atoms with E-state index in [4.69, 9.17) is 21.7 Å². The highest BCUT2D eigenvalue weighted by Gasteiger charge is 2.06. The van der Waals surface area contributed by atoms with Crippen LogP contribution < -0.4 is 20.1 Å². The summed E-state index contributed by atoms with van der Waals surface area (Å²) in [5.41, 5.74) is 0.931. The summed E-state index contributed by atoms with van der Waals surface area (Å²) in [6.07, 6.45) is 0. The van der Waals surface area contributed by atoms with Gasteiger partial charge in [-0.3, -0.25) is 0 Å². The number of hydrogen-bond donors (Lipinski definition) is 2. The first-order chi connectivity index (χ1) is 11.1. The zero-order chi connectivity index (χ0) is 16.7. The lowest BCUT2D eigenvalue weighted by Crippen LogP contribution is -2.39. The summed E-state index contributed by atoms with van der Waals surface area (Å²) in [5, 5.41) is 6.90. The van der Waals surface area contributed by atoms with Gasteiger partial charge in [0.05, 0.1) is 13.2 Å². The van der Waals surface area contributed by atoms with Gasteiger partial charge in [0.1, 0.15) is 18.1 Å². The van der Waals surface area contributed by atoms with Gasteiger partial charge >= 0.3 is 0 Å². The van der Waals surface area contributed by atoms with Crippen LogP contribution in [0, 0.1) is 0 Å². The van der Waals surface area contributed by atoms with Crippen LogP contribution in [0.5, 0.6) is 11.5 Å². The molecule has 2 N–H and O–H groups in total. The Morgan fingerprint density at radius 1 is 1.17 bits per heavy atom. The van der Waals surface area contributed by atoms with Crippen molar-refractivity contribution in [1.82, 2.24) is 5.32 Å². The third kappa shape index (κ3) is 6.08. The summed E-state index contributed by atoms with van der Waals surface area (Å²) >= 11 is 8.74. The zero-order valence-electron chi connectivity index (χ0n) is 13.0. The van der Waals surface area contributed by atoms with Crippen LogP contribution in [-0.4, -0.2) is 24.9 Å². The topological polar surface area (TPSA) is 42.5 Å². The molecular formula is C17H19BrN2O2S. The molecular weight excluding hydrogens is 376 g/mol. The van der Waals surface area contributed by atoms with E-state index < -0.39 is 0 Å². The highest BCUT2D eigenvalue weighted by molar-refractivity contribution is 9.10. The Kier molecular flexibility index (Phi) is 6.67. The Bertz CT molecular complexity index is 649. The van der Waals surface area contributed by atoms with Gasteiger partial charge in [-0.15, -0.1) is 0 Å². The molecule has 2 aromatic carbocycles. The Balaban J connectivity index is 1.77. The van der Waals surface area contributed by atoms with Crippen molar-refractivity contribution in [3.05, 3.63) is 53.0 Å². The molecule has 0 radical (unpaired) electrons. The zero-order valence-corrected chi connectivity index (χ0v) is 15.4. The minimum Gasteiger partial charge on any atom is -0.497 e. The lowest BCUT2D eigenvalue weighted by Gasteiger charge is -2.18. The molecule has 2 aromatic rings. The second-order valence-corrected chi connectivity index (χ2v) is 6.32. The highest BCUT2D eigenvalue weighted by Crippen LogP contribution is 2.17. The van der Waals surface area contributed by atoms with Gasteiger partial charge in [0.15, 0.2) is 5.11 Å². The number of hydrogen-bond acceptors (Lipinski definition) is 3. The molecule has 0 aromatic heterocycles. The Hall–Kier alpha value is -1.79. The van der Waals surface area contributed by atoms with Crippen molar-refractivity contribution in [2.24, 2.45) is 0 Å². The van der Waals surface area contributed by atoms with Crippen LogP contribution >= 0.6 is 28.1 Å². The molecule has 0 aliphatic heterocycles. The molecule has 0 saturated heterocycles. The van der Waals surface area contributed by atoms with E-state index in [1.165, 1.54) is 0 Å². The first-order valence-corrected chi connectivity index (χ1v) is 8.37. The second-order valence-electron chi connectivity index (χ2n) is 5.00. The maximum absolute atomic E-state index is 5.72. The van der Waals surface area contributed by atoms with E-state index in [0.29, 0.717) is 11.7 Å². The van der Waals surface area contributed by atoms with Gasteiger partial charge in [-0.05, 0) is 61.6 Å². The number of methoxy groups -OCH3 is 1. The molecule has 0 saturated carbocycles. The van der Waals surface area contributed by atoms with E-state index in [-0.39, 0.29) is 6.04 Å². The number of halogens is 1. The van der Waals surface area contributed by atoms with Crippen LogP contribution in [0.1, 0.15) is 6.92 Å². The predicted octanol–water partition coefficient (Wildman–Crippen LogP) is 4.21. The summed E-state index contributed by atoms with van der Waals surface area (Å²) in [4.78, 5) is 0. The van der Waals surface area contributed by atoms with Crippen LogP contribution in [-0.2, 0) is 0 Å². The van der Waals surface area contributed by atoms with Gasteiger partial charge < -0.3 is 20.1 Å². The maximum atomic E-state index is 5.72. The quantitative estimate of drug-likeness (QED) is 0.718. The van der Waals surface area contributed by atoms with E-state index in [1.54, 1.807) is 7.11 Å². The van der Waals surface area contributed by atoms with Crippen molar-refractivity contribution < 1.29 is 9.47 Å². The summed E-state index contributed by atoms with van der Waals surface area (Å²) in [7, 11) is 1.64. The van der Waals surface area contributed by atoms with Gasteiger partial charge in [0, 0.05) is 10.2 Å². The second kappa shape index (κ2) is 8.74. The van der Waals surface area contributed by atoms with Crippen molar-refractivity contribution in [3.8, 4) is 11.5 Å². The smallest absolute Gasteiger partial charge is 0.171 e. The summed E-state index contributed by atoms with van der Waals surface area (Å²) < 4.78 is 11.8. The van der Waals surface area contributed by atoms with Crippen LogP contribution in [0.25, 0.3) is 0 Å². The molecule has 0 amide bonds. The van der Waals surface area contributed by atoms with Gasteiger partial charge in [0.25, 0.3) is 0 Å². The molecule has 0 aliphatic carbocycles. The molecule has 0 heterocycles.